The summed E-state index contributed by atoms with van der Waals surface area (Å²) < 4.78 is 10.8. The third-order valence-electron chi connectivity index (χ3n) is 3.81. The van der Waals surface area contributed by atoms with Crippen LogP contribution >= 0.6 is 0 Å². The summed E-state index contributed by atoms with van der Waals surface area (Å²) in [5.74, 6) is 0.495. The maximum atomic E-state index is 12.0. The van der Waals surface area contributed by atoms with Gasteiger partial charge >= 0.3 is 5.97 Å². The van der Waals surface area contributed by atoms with E-state index >= 15 is 0 Å². The number of esters is 1. The van der Waals surface area contributed by atoms with Gasteiger partial charge in [0.1, 0.15) is 22.7 Å². The summed E-state index contributed by atoms with van der Waals surface area (Å²) in [6.45, 7) is 4.24. The van der Waals surface area contributed by atoms with Crippen LogP contribution in [0.5, 0.6) is 11.5 Å². The molecule has 0 radical (unpaired) electrons. The number of carbonyl (C=O) groups is 1. The molecule has 1 aromatic carbocycles. The van der Waals surface area contributed by atoms with Crippen molar-refractivity contribution in [3.8, 4) is 11.5 Å². The molecule has 0 aliphatic heterocycles. The van der Waals surface area contributed by atoms with Crippen LogP contribution in [0.1, 0.15) is 17.3 Å². The Bertz CT molecular complexity index is 891. The summed E-state index contributed by atoms with van der Waals surface area (Å²) in [6, 6.07) is 9.05. The maximum Gasteiger partial charge on any atom is 0.341 e. The number of carbonyl (C=O) groups excluding carboxylic acids is 1. The van der Waals surface area contributed by atoms with Crippen molar-refractivity contribution in [2.45, 2.75) is 6.92 Å². The van der Waals surface area contributed by atoms with E-state index in [2.05, 4.69) is 20.6 Å². The van der Waals surface area contributed by atoms with Crippen molar-refractivity contribution in [3.63, 3.8) is 0 Å². The number of nitrogens with one attached hydrogen (secondary N) is 2. The summed E-state index contributed by atoms with van der Waals surface area (Å²) in [7, 11) is 1.35. The third-order valence-corrected chi connectivity index (χ3v) is 3.81. The van der Waals surface area contributed by atoms with Gasteiger partial charge in [-0.1, -0.05) is 6.92 Å². The molecule has 0 aliphatic carbocycles. The van der Waals surface area contributed by atoms with Gasteiger partial charge in [-0.25, -0.2) is 9.78 Å². The van der Waals surface area contributed by atoms with Crippen molar-refractivity contribution < 1.29 is 14.3 Å². The number of anilines is 1. The minimum Gasteiger partial charge on any atom is -0.661 e. The zero-order chi connectivity index (χ0) is 18.4. The first-order valence-corrected chi connectivity index (χ1v) is 8.41. The normalized spacial score (nSPS) is 10.7. The van der Waals surface area contributed by atoms with Crippen LogP contribution in [0.2, 0.25) is 0 Å². The molecule has 0 unspecified atom stereocenters. The summed E-state index contributed by atoms with van der Waals surface area (Å²) >= 11 is 0. The van der Waals surface area contributed by atoms with Crippen molar-refractivity contribution in [2.75, 3.05) is 32.1 Å². The quantitative estimate of drug-likeness (QED) is 0.473. The van der Waals surface area contributed by atoms with E-state index in [1.165, 1.54) is 7.11 Å². The lowest BCUT2D eigenvalue weighted by Gasteiger charge is -2.17. The van der Waals surface area contributed by atoms with E-state index in [4.69, 9.17) is 9.47 Å². The first-order chi connectivity index (χ1) is 12.7. The van der Waals surface area contributed by atoms with Gasteiger partial charge in [0.05, 0.1) is 13.3 Å². The molecule has 0 bridgehead atoms. The topological polar surface area (TPSA) is 90.3 Å². The van der Waals surface area contributed by atoms with Crippen molar-refractivity contribution in [1.82, 2.24) is 9.97 Å². The first-order valence-electron chi connectivity index (χ1n) is 8.41. The average molecular weight is 353 g/mol. The second-order valence-corrected chi connectivity index (χ2v) is 5.58. The number of pyridine rings is 1. The second-order valence-electron chi connectivity index (χ2n) is 5.58. The molecule has 136 valence electrons. The lowest BCUT2D eigenvalue weighted by Crippen LogP contribution is -2.08. The number of fused-ring (bicyclic) bond motifs is 1. The monoisotopic (exact) mass is 353 g/mol. The summed E-state index contributed by atoms with van der Waals surface area (Å²) in [5, 5.41) is 8.48. The number of hydrogen-bond donors (Lipinski definition) is 2. The van der Waals surface area contributed by atoms with Crippen LogP contribution in [0.3, 0.4) is 0 Å². The smallest absolute Gasteiger partial charge is 0.341 e. The van der Waals surface area contributed by atoms with Crippen molar-refractivity contribution in [2.24, 2.45) is 0 Å². The van der Waals surface area contributed by atoms with Gasteiger partial charge in [0, 0.05) is 23.3 Å². The van der Waals surface area contributed by atoms with Gasteiger partial charge in [-0.2, -0.15) is 6.54 Å². The number of rotatable bonds is 8. The standard InChI is InChI=1S/C19H21N4O3/c1-3-20-8-9-21-14-4-5-16(19(24)25-2)17(11-14)26-15-10-13-6-7-22-18(13)23-12-15/h4-7,10-12,21H,3,8-9H2,1-2H3,(H,22,23)/q-1. The van der Waals surface area contributed by atoms with Crippen LogP contribution in [-0.2, 0) is 4.74 Å². The molecular formula is C19H21N4O3-. The number of benzene rings is 1. The maximum absolute atomic E-state index is 12.0. The Morgan fingerprint density at radius 1 is 1.31 bits per heavy atom. The van der Waals surface area contributed by atoms with Crippen LogP contribution in [0.15, 0.2) is 42.7 Å². The number of methoxy groups -OCH3 is 1. The Labute approximate surface area is 151 Å². The fourth-order valence-corrected chi connectivity index (χ4v) is 2.54. The highest BCUT2D eigenvalue weighted by Crippen LogP contribution is 2.30. The summed E-state index contributed by atoms with van der Waals surface area (Å²) in [4.78, 5) is 19.4. The van der Waals surface area contributed by atoms with E-state index in [0.29, 0.717) is 23.6 Å². The van der Waals surface area contributed by atoms with E-state index in [0.717, 1.165) is 29.8 Å². The van der Waals surface area contributed by atoms with E-state index in [-0.39, 0.29) is 0 Å². The molecule has 0 atom stereocenters. The molecule has 2 N–H and O–H groups in total. The lowest BCUT2D eigenvalue weighted by molar-refractivity contribution is 0.0598. The van der Waals surface area contributed by atoms with E-state index in [1.807, 2.05) is 31.3 Å². The van der Waals surface area contributed by atoms with E-state index in [9.17, 15) is 4.79 Å². The third kappa shape index (κ3) is 4.12. The Balaban J connectivity index is 1.84. The van der Waals surface area contributed by atoms with Crippen molar-refractivity contribution >= 4 is 22.7 Å². The number of aromatic nitrogens is 2. The molecule has 3 aromatic rings. The van der Waals surface area contributed by atoms with Crippen LogP contribution in [0.25, 0.3) is 16.4 Å². The number of likely N-dealkylation sites (N-methyl/N-ethyl adjacent to an activating group) is 1. The number of ether oxygens (including phenoxy) is 2. The number of H-pyrrole nitrogens is 1. The Kier molecular flexibility index (Phi) is 5.70. The largest absolute Gasteiger partial charge is 0.661 e. The average Bonchev–Trinajstić information content (AvgIpc) is 3.13. The van der Waals surface area contributed by atoms with Crippen LogP contribution < -0.4 is 10.1 Å². The highest BCUT2D eigenvalue weighted by molar-refractivity contribution is 5.93. The molecule has 7 nitrogen and oxygen atoms in total. The van der Waals surface area contributed by atoms with Gasteiger partial charge in [-0.3, -0.25) is 0 Å². The van der Waals surface area contributed by atoms with Gasteiger partial charge in [-0.15, -0.1) is 6.54 Å². The molecule has 0 amide bonds. The first kappa shape index (κ1) is 17.8. The predicted octanol–water partition coefficient (Wildman–Crippen LogP) is 3.95. The molecular weight excluding hydrogens is 332 g/mol. The Hall–Kier alpha value is -3.06. The summed E-state index contributed by atoms with van der Waals surface area (Å²) in [5.41, 5.74) is 1.97. The minimum atomic E-state index is -0.455. The fourth-order valence-electron chi connectivity index (χ4n) is 2.54. The lowest BCUT2D eigenvalue weighted by atomic mass is 10.1. The Morgan fingerprint density at radius 2 is 2.19 bits per heavy atom. The fraction of sp³-hybridized carbons (Fsp3) is 0.263. The highest BCUT2D eigenvalue weighted by atomic mass is 16.5. The highest BCUT2D eigenvalue weighted by Gasteiger charge is 2.15. The molecule has 0 aliphatic rings. The molecule has 2 heterocycles. The molecule has 26 heavy (non-hydrogen) atoms. The molecule has 0 spiro atoms. The van der Waals surface area contributed by atoms with Gasteiger partial charge in [-0.05, 0) is 30.8 Å². The van der Waals surface area contributed by atoms with Gasteiger partial charge in [0.15, 0.2) is 0 Å². The molecule has 0 saturated heterocycles. The van der Waals surface area contributed by atoms with Gasteiger partial charge < -0.3 is 25.1 Å². The van der Waals surface area contributed by atoms with Crippen LogP contribution in [0.4, 0.5) is 5.69 Å². The number of hydrogen-bond acceptors (Lipinski definition) is 5. The number of aromatic amines is 1. The van der Waals surface area contributed by atoms with Crippen LogP contribution in [-0.4, -0.2) is 42.7 Å². The van der Waals surface area contributed by atoms with Crippen LogP contribution in [0, 0.1) is 0 Å². The zero-order valence-corrected chi connectivity index (χ0v) is 14.8. The zero-order valence-electron chi connectivity index (χ0n) is 14.8. The molecule has 3 rings (SSSR count). The molecule has 0 saturated carbocycles. The molecule has 0 fully saturated rings. The summed E-state index contributed by atoms with van der Waals surface area (Å²) in [6.07, 6.45) is 3.42. The molecule has 7 heteroatoms. The Morgan fingerprint density at radius 3 is 3.00 bits per heavy atom. The van der Waals surface area contributed by atoms with Gasteiger partial charge in [0.25, 0.3) is 0 Å². The molecule has 2 aromatic heterocycles. The predicted molar refractivity (Wildman–Crippen MR) is 101 cm³/mol. The SMILES string of the molecule is CC[N-]CCNc1ccc(C(=O)OC)c(Oc2cnc3[nH]ccc3c2)c1. The number of nitrogens with zero attached hydrogens (tertiary/aromatic N) is 2. The van der Waals surface area contributed by atoms with Crippen molar-refractivity contribution in [1.29, 1.82) is 0 Å². The van der Waals surface area contributed by atoms with Gasteiger partial charge in [0.2, 0.25) is 0 Å². The van der Waals surface area contributed by atoms with E-state index < -0.39 is 5.97 Å². The van der Waals surface area contributed by atoms with Crippen molar-refractivity contribution in [3.05, 3.63) is 53.6 Å². The minimum absolute atomic E-state index is 0.352. The second kappa shape index (κ2) is 8.35. The van der Waals surface area contributed by atoms with E-state index in [1.54, 1.807) is 18.3 Å².